The van der Waals surface area contributed by atoms with Crippen LogP contribution >= 0.6 is 0 Å². The predicted molar refractivity (Wildman–Crippen MR) is 90.4 cm³/mol. The van der Waals surface area contributed by atoms with Crippen molar-refractivity contribution in [3.8, 4) is 11.5 Å². The molecule has 0 bridgehead atoms. The van der Waals surface area contributed by atoms with E-state index in [0.717, 1.165) is 42.1 Å². The third-order valence-electron chi connectivity index (χ3n) is 4.22. The second kappa shape index (κ2) is 6.73. The Hall–Kier alpha value is -2.49. The van der Waals surface area contributed by atoms with E-state index in [1.807, 2.05) is 47.4 Å². The summed E-state index contributed by atoms with van der Waals surface area (Å²) >= 11 is 0. The maximum Gasteiger partial charge on any atom is 0.231 e. The van der Waals surface area contributed by atoms with E-state index >= 15 is 0 Å². The van der Waals surface area contributed by atoms with Crippen LogP contribution in [0.2, 0.25) is 0 Å². The maximum atomic E-state index is 12.7. The van der Waals surface area contributed by atoms with Crippen molar-refractivity contribution in [2.24, 2.45) is 0 Å². The zero-order chi connectivity index (χ0) is 16.2. The average molecular weight is 311 g/mol. The molecule has 23 heavy (non-hydrogen) atoms. The minimum atomic E-state index is 0.126. The number of carbonyl (C=O) groups is 1. The summed E-state index contributed by atoms with van der Waals surface area (Å²) in [5, 5.41) is 0. The Morgan fingerprint density at radius 2 is 1.74 bits per heavy atom. The number of methoxy groups -OCH3 is 2. The molecule has 2 aromatic carbocycles. The molecule has 0 aliphatic carbocycles. The van der Waals surface area contributed by atoms with E-state index in [9.17, 15) is 4.79 Å². The van der Waals surface area contributed by atoms with Gasteiger partial charge in [0.2, 0.25) is 5.91 Å². The molecule has 4 nitrogen and oxygen atoms in total. The van der Waals surface area contributed by atoms with E-state index in [2.05, 4.69) is 0 Å². The van der Waals surface area contributed by atoms with Crippen molar-refractivity contribution in [2.45, 2.75) is 19.3 Å². The minimum absolute atomic E-state index is 0.126. The molecule has 0 unspecified atom stereocenters. The van der Waals surface area contributed by atoms with Crippen LogP contribution in [0.4, 0.5) is 5.69 Å². The minimum Gasteiger partial charge on any atom is -0.497 e. The van der Waals surface area contributed by atoms with Gasteiger partial charge in [0.15, 0.2) is 0 Å². The Bertz CT molecular complexity index is 694. The second-order valence-corrected chi connectivity index (χ2v) is 5.67. The first-order valence-corrected chi connectivity index (χ1v) is 7.81. The molecule has 0 atom stereocenters. The summed E-state index contributed by atoms with van der Waals surface area (Å²) in [5.41, 5.74) is 3.19. The molecule has 0 saturated heterocycles. The quantitative estimate of drug-likeness (QED) is 0.870. The highest BCUT2D eigenvalue weighted by Crippen LogP contribution is 2.31. The molecule has 1 amide bonds. The highest BCUT2D eigenvalue weighted by molar-refractivity contribution is 5.96. The third kappa shape index (κ3) is 3.31. The van der Waals surface area contributed by atoms with Crippen molar-refractivity contribution in [1.82, 2.24) is 0 Å². The number of rotatable bonds is 4. The van der Waals surface area contributed by atoms with Crippen molar-refractivity contribution >= 4 is 11.6 Å². The van der Waals surface area contributed by atoms with Gasteiger partial charge < -0.3 is 14.4 Å². The summed E-state index contributed by atoms with van der Waals surface area (Å²) in [4.78, 5) is 14.6. The van der Waals surface area contributed by atoms with Crippen molar-refractivity contribution in [3.63, 3.8) is 0 Å². The summed E-state index contributed by atoms with van der Waals surface area (Å²) < 4.78 is 10.4. The number of aryl methyl sites for hydroxylation is 1. The number of ether oxygens (including phenoxy) is 2. The fourth-order valence-corrected chi connectivity index (χ4v) is 2.97. The van der Waals surface area contributed by atoms with Gasteiger partial charge >= 0.3 is 0 Å². The lowest BCUT2D eigenvalue weighted by atomic mass is 10.0. The van der Waals surface area contributed by atoms with Crippen LogP contribution in [0.25, 0.3) is 0 Å². The van der Waals surface area contributed by atoms with E-state index < -0.39 is 0 Å². The van der Waals surface area contributed by atoms with Crippen LogP contribution in [0.5, 0.6) is 11.5 Å². The Labute approximate surface area is 136 Å². The fraction of sp³-hybridized carbons (Fsp3) is 0.316. The lowest BCUT2D eigenvalue weighted by molar-refractivity contribution is -0.118. The Morgan fingerprint density at radius 3 is 2.43 bits per heavy atom. The molecule has 0 N–H and O–H groups in total. The van der Waals surface area contributed by atoms with E-state index in [-0.39, 0.29) is 5.91 Å². The number of fused-ring (bicyclic) bond motifs is 1. The van der Waals surface area contributed by atoms with Gasteiger partial charge in [-0.05, 0) is 54.3 Å². The summed E-state index contributed by atoms with van der Waals surface area (Å²) in [5.74, 6) is 1.77. The van der Waals surface area contributed by atoms with Gasteiger partial charge in [-0.2, -0.15) is 0 Å². The number of amides is 1. The largest absolute Gasteiger partial charge is 0.497 e. The van der Waals surface area contributed by atoms with Gasteiger partial charge in [0.1, 0.15) is 11.5 Å². The molecule has 0 fully saturated rings. The Morgan fingerprint density at radius 1 is 1.04 bits per heavy atom. The van der Waals surface area contributed by atoms with Crippen molar-refractivity contribution in [1.29, 1.82) is 0 Å². The fourth-order valence-electron chi connectivity index (χ4n) is 2.97. The molecule has 3 rings (SSSR count). The third-order valence-corrected chi connectivity index (χ3v) is 4.22. The average Bonchev–Trinajstić information content (AvgIpc) is 2.61. The van der Waals surface area contributed by atoms with Crippen molar-refractivity contribution < 1.29 is 14.3 Å². The van der Waals surface area contributed by atoms with Gasteiger partial charge in [-0.15, -0.1) is 0 Å². The zero-order valence-corrected chi connectivity index (χ0v) is 13.5. The molecule has 120 valence electrons. The number of carbonyl (C=O) groups excluding carboxylic acids is 1. The smallest absolute Gasteiger partial charge is 0.231 e. The Balaban J connectivity index is 1.78. The van der Waals surface area contributed by atoms with E-state index in [1.54, 1.807) is 14.2 Å². The Kier molecular flexibility index (Phi) is 4.51. The van der Waals surface area contributed by atoms with Crippen LogP contribution in [-0.2, 0) is 17.6 Å². The molecule has 1 aliphatic heterocycles. The van der Waals surface area contributed by atoms with Crippen LogP contribution in [0, 0.1) is 0 Å². The van der Waals surface area contributed by atoms with Gasteiger partial charge in [-0.1, -0.05) is 12.1 Å². The van der Waals surface area contributed by atoms with Crippen LogP contribution in [0.1, 0.15) is 17.5 Å². The van der Waals surface area contributed by atoms with Crippen LogP contribution in [0.3, 0.4) is 0 Å². The van der Waals surface area contributed by atoms with Crippen molar-refractivity contribution in [3.05, 3.63) is 53.6 Å². The first-order chi connectivity index (χ1) is 11.2. The van der Waals surface area contributed by atoms with E-state index in [4.69, 9.17) is 9.47 Å². The van der Waals surface area contributed by atoms with Gasteiger partial charge in [0.25, 0.3) is 0 Å². The number of anilines is 1. The normalized spacial score (nSPS) is 13.4. The predicted octanol–water partition coefficient (Wildman–Crippen LogP) is 3.23. The summed E-state index contributed by atoms with van der Waals surface area (Å²) in [6, 6.07) is 13.6. The molecule has 0 spiro atoms. The molecule has 0 radical (unpaired) electrons. The zero-order valence-electron chi connectivity index (χ0n) is 13.5. The van der Waals surface area contributed by atoms with Crippen LogP contribution in [-0.4, -0.2) is 26.7 Å². The highest BCUT2D eigenvalue weighted by Gasteiger charge is 2.22. The number of hydrogen-bond acceptors (Lipinski definition) is 3. The number of hydrogen-bond donors (Lipinski definition) is 0. The molecule has 1 heterocycles. The molecule has 4 heteroatoms. The first-order valence-electron chi connectivity index (χ1n) is 7.81. The molecule has 1 aliphatic rings. The summed E-state index contributed by atoms with van der Waals surface area (Å²) in [6.45, 7) is 0.772. The first kappa shape index (κ1) is 15.4. The standard InChI is InChI=1S/C19H21NO3/c1-22-16-7-5-14(6-8-16)12-19(21)20-11-3-4-15-13-17(23-2)9-10-18(15)20/h5-10,13H,3-4,11-12H2,1-2H3. The number of nitrogens with zero attached hydrogens (tertiary/aromatic N) is 1. The lowest BCUT2D eigenvalue weighted by Gasteiger charge is -2.30. The molecular weight excluding hydrogens is 290 g/mol. The molecule has 0 aromatic heterocycles. The topological polar surface area (TPSA) is 38.8 Å². The lowest BCUT2D eigenvalue weighted by Crippen LogP contribution is -2.36. The monoisotopic (exact) mass is 311 g/mol. The van der Waals surface area contributed by atoms with E-state index in [1.165, 1.54) is 5.56 Å². The van der Waals surface area contributed by atoms with Gasteiger partial charge in [0.05, 0.1) is 20.6 Å². The van der Waals surface area contributed by atoms with Gasteiger partial charge in [0, 0.05) is 12.2 Å². The van der Waals surface area contributed by atoms with E-state index in [0.29, 0.717) is 6.42 Å². The second-order valence-electron chi connectivity index (χ2n) is 5.67. The maximum absolute atomic E-state index is 12.7. The molecule has 2 aromatic rings. The molecular formula is C19H21NO3. The highest BCUT2D eigenvalue weighted by atomic mass is 16.5. The van der Waals surface area contributed by atoms with Gasteiger partial charge in [-0.3, -0.25) is 4.79 Å². The van der Waals surface area contributed by atoms with Gasteiger partial charge in [-0.25, -0.2) is 0 Å². The molecule has 0 saturated carbocycles. The van der Waals surface area contributed by atoms with Crippen LogP contribution in [0.15, 0.2) is 42.5 Å². The van der Waals surface area contributed by atoms with Crippen LogP contribution < -0.4 is 14.4 Å². The van der Waals surface area contributed by atoms with Crippen molar-refractivity contribution in [2.75, 3.05) is 25.7 Å². The SMILES string of the molecule is COc1ccc(CC(=O)N2CCCc3cc(OC)ccc32)cc1. The summed E-state index contributed by atoms with van der Waals surface area (Å²) in [6.07, 6.45) is 2.36. The number of benzene rings is 2. The summed E-state index contributed by atoms with van der Waals surface area (Å²) in [7, 11) is 3.30.